The Hall–Kier alpha value is -1.07. The number of anilines is 2. The van der Waals surface area contributed by atoms with Gasteiger partial charge in [0, 0.05) is 13.2 Å². The number of nitrogens with two attached hydrogens (primary N) is 1. The molecule has 0 spiro atoms. The average Bonchev–Trinajstić information content (AvgIpc) is 2.73. The van der Waals surface area contributed by atoms with Gasteiger partial charge in [-0.3, -0.25) is 0 Å². The van der Waals surface area contributed by atoms with Crippen LogP contribution in [0.1, 0.15) is 12.8 Å². The maximum absolute atomic E-state index is 5.76. The van der Waals surface area contributed by atoms with E-state index in [9.17, 15) is 0 Å². The van der Waals surface area contributed by atoms with Crippen LogP contribution in [0, 0.1) is 0 Å². The first-order chi connectivity index (χ1) is 7.27. The number of hydrogen-bond donors (Lipinski definition) is 2. The predicted octanol–water partition coefficient (Wildman–Crippen LogP) is 1.30. The Kier molecular flexibility index (Phi) is 3.23. The Bertz CT molecular complexity index is 341. The number of aromatic nitrogens is 2. The summed E-state index contributed by atoms with van der Waals surface area (Å²) in [6.45, 7) is 1.55. The Labute approximate surface area is 93.0 Å². The SMILES string of the molecule is Nc1c(Cl)ncnc1NC[C@H]1CCCO1. The van der Waals surface area contributed by atoms with Crippen molar-refractivity contribution in [1.29, 1.82) is 0 Å². The number of hydrogen-bond acceptors (Lipinski definition) is 5. The van der Waals surface area contributed by atoms with Crippen molar-refractivity contribution in [3.8, 4) is 0 Å². The zero-order valence-electron chi connectivity index (χ0n) is 8.24. The van der Waals surface area contributed by atoms with E-state index in [0.717, 1.165) is 19.4 Å². The van der Waals surface area contributed by atoms with Gasteiger partial charge in [0.2, 0.25) is 0 Å². The summed E-state index contributed by atoms with van der Waals surface area (Å²) in [5, 5.41) is 3.39. The predicted molar refractivity (Wildman–Crippen MR) is 58.9 cm³/mol. The molecule has 3 N–H and O–H groups in total. The molecule has 0 unspecified atom stereocenters. The minimum Gasteiger partial charge on any atom is -0.393 e. The van der Waals surface area contributed by atoms with Gasteiger partial charge in [-0.1, -0.05) is 11.6 Å². The van der Waals surface area contributed by atoms with Gasteiger partial charge in [0.05, 0.1) is 6.10 Å². The molecule has 6 heteroatoms. The van der Waals surface area contributed by atoms with Crippen molar-refractivity contribution < 1.29 is 4.74 Å². The van der Waals surface area contributed by atoms with Gasteiger partial charge in [-0.05, 0) is 12.8 Å². The fraction of sp³-hybridized carbons (Fsp3) is 0.556. The second-order valence-corrected chi connectivity index (χ2v) is 3.80. The lowest BCUT2D eigenvalue weighted by molar-refractivity contribution is 0.120. The number of rotatable bonds is 3. The summed E-state index contributed by atoms with van der Waals surface area (Å²) < 4.78 is 5.47. The van der Waals surface area contributed by atoms with Crippen molar-refractivity contribution in [2.24, 2.45) is 0 Å². The smallest absolute Gasteiger partial charge is 0.157 e. The van der Waals surface area contributed by atoms with Crippen LogP contribution in [0.2, 0.25) is 5.15 Å². The topological polar surface area (TPSA) is 73.1 Å². The van der Waals surface area contributed by atoms with Gasteiger partial charge < -0.3 is 15.8 Å². The molecule has 1 aromatic rings. The van der Waals surface area contributed by atoms with Crippen LogP contribution in [0.3, 0.4) is 0 Å². The molecule has 0 amide bonds. The molecular formula is C9H13ClN4O. The van der Waals surface area contributed by atoms with E-state index in [1.807, 2.05) is 0 Å². The van der Waals surface area contributed by atoms with Crippen LogP contribution < -0.4 is 11.1 Å². The molecule has 1 aliphatic rings. The van der Waals surface area contributed by atoms with E-state index in [2.05, 4.69) is 15.3 Å². The number of nitrogens with one attached hydrogen (secondary N) is 1. The molecule has 0 aromatic carbocycles. The third-order valence-electron chi connectivity index (χ3n) is 2.36. The molecule has 1 atom stereocenters. The van der Waals surface area contributed by atoms with Gasteiger partial charge in [-0.2, -0.15) is 0 Å². The molecule has 5 nitrogen and oxygen atoms in total. The molecule has 0 saturated carbocycles. The lowest BCUT2D eigenvalue weighted by Crippen LogP contribution is -2.19. The van der Waals surface area contributed by atoms with Crippen LogP contribution in [0.5, 0.6) is 0 Å². The van der Waals surface area contributed by atoms with E-state index in [4.69, 9.17) is 22.1 Å². The van der Waals surface area contributed by atoms with Crippen molar-refractivity contribution in [2.45, 2.75) is 18.9 Å². The van der Waals surface area contributed by atoms with Crippen molar-refractivity contribution in [2.75, 3.05) is 24.2 Å². The van der Waals surface area contributed by atoms with Crippen LogP contribution in [0.25, 0.3) is 0 Å². The summed E-state index contributed by atoms with van der Waals surface area (Å²) in [7, 11) is 0. The maximum atomic E-state index is 5.76. The Morgan fingerprint density at radius 3 is 3.20 bits per heavy atom. The highest BCUT2D eigenvalue weighted by molar-refractivity contribution is 6.32. The molecule has 1 saturated heterocycles. The van der Waals surface area contributed by atoms with Crippen molar-refractivity contribution in [1.82, 2.24) is 9.97 Å². The van der Waals surface area contributed by atoms with E-state index in [-0.39, 0.29) is 11.3 Å². The van der Waals surface area contributed by atoms with Crippen LogP contribution >= 0.6 is 11.6 Å². The van der Waals surface area contributed by atoms with Gasteiger partial charge in [-0.15, -0.1) is 0 Å². The van der Waals surface area contributed by atoms with Gasteiger partial charge in [-0.25, -0.2) is 9.97 Å². The fourth-order valence-electron chi connectivity index (χ4n) is 1.53. The standard InChI is InChI=1S/C9H13ClN4O/c10-8-7(11)9(14-5-13-8)12-4-6-2-1-3-15-6/h5-6H,1-4,11H2,(H,12,13,14)/t6-/m1/s1. The summed E-state index contributed by atoms with van der Waals surface area (Å²) in [6, 6.07) is 0. The van der Waals surface area contributed by atoms with Gasteiger partial charge in [0.25, 0.3) is 0 Å². The highest BCUT2D eigenvalue weighted by Crippen LogP contribution is 2.22. The third-order valence-corrected chi connectivity index (χ3v) is 2.66. The number of nitrogens with zero attached hydrogens (tertiary/aromatic N) is 2. The van der Waals surface area contributed by atoms with E-state index >= 15 is 0 Å². The molecular weight excluding hydrogens is 216 g/mol. The van der Waals surface area contributed by atoms with Crippen LogP contribution in [-0.4, -0.2) is 29.2 Å². The monoisotopic (exact) mass is 228 g/mol. The van der Waals surface area contributed by atoms with Crippen molar-refractivity contribution >= 4 is 23.1 Å². The lowest BCUT2D eigenvalue weighted by Gasteiger charge is -2.12. The van der Waals surface area contributed by atoms with Crippen LogP contribution in [0.4, 0.5) is 11.5 Å². The third kappa shape index (κ3) is 2.49. The van der Waals surface area contributed by atoms with E-state index < -0.39 is 0 Å². The largest absolute Gasteiger partial charge is 0.393 e. The van der Waals surface area contributed by atoms with E-state index in [1.54, 1.807) is 0 Å². The summed E-state index contributed by atoms with van der Waals surface area (Å²) in [4.78, 5) is 7.79. The van der Waals surface area contributed by atoms with E-state index in [0.29, 0.717) is 18.1 Å². The molecule has 0 bridgehead atoms. The second-order valence-electron chi connectivity index (χ2n) is 3.44. The van der Waals surface area contributed by atoms with Crippen molar-refractivity contribution in [3.05, 3.63) is 11.5 Å². The lowest BCUT2D eigenvalue weighted by atomic mass is 10.2. The zero-order valence-corrected chi connectivity index (χ0v) is 9.00. The zero-order chi connectivity index (χ0) is 10.7. The normalized spacial score (nSPS) is 20.5. The molecule has 1 aromatic heterocycles. The van der Waals surface area contributed by atoms with Gasteiger partial charge in [0.1, 0.15) is 12.0 Å². The first-order valence-electron chi connectivity index (χ1n) is 4.89. The number of nitrogen functional groups attached to an aromatic ring is 1. The molecule has 15 heavy (non-hydrogen) atoms. The highest BCUT2D eigenvalue weighted by Gasteiger charge is 2.16. The molecule has 2 heterocycles. The highest BCUT2D eigenvalue weighted by atomic mass is 35.5. The van der Waals surface area contributed by atoms with Crippen molar-refractivity contribution in [3.63, 3.8) is 0 Å². The first-order valence-corrected chi connectivity index (χ1v) is 5.26. The van der Waals surface area contributed by atoms with Crippen LogP contribution in [-0.2, 0) is 4.74 Å². The quantitative estimate of drug-likeness (QED) is 0.763. The minimum atomic E-state index is 0.248. The summed E-state index contributed by atoms with van der Waals surface area (Å²) in [5.41, 5.74) is 6.09. The average molecular weight is 229 g/mol. The number of halogens is 1. The summed E-state index contributed by atoms with van der Waals surface area (Å²) in [5.74, 6) is 0.575. The Morgan fingerprint density at radius 1 is 1.60 bits per heavy atom. The molecule has 1 fully saturated rings. The molecule has 0 radical (unpaired) electrons. The fourth-order valence-corrected chi connectivity index (χ4v) is 1.66. The summed E-state index contributed by atoms with van der Waals surface area (Å²) >= 11 is 5.76. The van der Waals surface area contributed by atoms with Gasteiger partial charge >= 0.3 is 0 Å². The molecule has 2 rings (SSSR count). The molecule has 82 valence electrons. The number of ether oxygens (including phenoxy) is 1. The molecule has 0 aliphatic carbocycles. The second kappa shape index (κ2) is 4.63. The molecule has 1 aliphatic heterocycles. The minimum absolute atomic E-state index is 0.248. The Balaban J connectivity index is 1.95. The maximum Gasteiger partial charge on any atom is 0.157 e. The van der Waals surface area contributed by atoms with Gasteiger partial charge in [0.15, 0.2) is 11.0 Å². The Morgan fingerprint density at radius 2 is 2.47 bits per heavy atom. The van der Waals surface area contributed by atoms with E-state index in [1.165, 1.54) is 6.33 Å². The first kappa shape index (κ1) is 10.4. The summed E-state index contributed by atoms with van der Waals surface area (Å²) in [6.07, 6.45) is 3.83. The van der Waals surface area contributed by atoms with Crippen LogP contribution in [0.15, 0.2) is 6.33 Å².